The highest BCUT2D eigenvalue weighted by Gasteiger charge is 2.27. The summed E-state index contributed by atoms with van der Waals surface area (Å²) in [5, 5.41) is 3.36. The van der Waals surface area contributed by atoms with Crippen molar-refractivity contribution in [1.82, 2.24) is 18.7 Å². The van der Waals surface area contributed by atoms with Crippen molar-refractivity contribution in [2.45, 2.75) is 52.4 Å². The Hall–Kier alpha value is -2.60. The van der Waals surface area contributed by atoms with Gasteiger partial charge in [0.25, 0.3) is 5.56 Å². The van der Waals surface area contributed by atoms with E-state index in [4.69, 9.17) is 4.74 Å². The SMILES string of the molecule is CCn1c(=O)c2c(nc(NC3CCS(=O)(=O)CC3)n2Cc2ccc(OC)c(Br)c2)n(CC)c1=O. The van der Waals surface area contributed by atoms with E-state index in [2.05, 4.69) is 26.2 Å². The lowest BCUT2D eigenvalue weighted by atomic mass is 10.1. The number of nitrogens with zero attached hydrogens (tertiary/aromatic N) is 4. The second kappa shape index (κ2) is 9.57. The molecule has 0 spiro atoms. The van der Waals surface area contributed by atoms with Gasteiger partial charge in [-0.3, -0.25) is 18.5 Å². The van der Waals surface area contributed by atoms with Crippen LogP contribution in [0.2, 0.25) is 0 Å². The fourth-order valence-corrected chi connectivity index (χ4v) is 6.41. The van der Waals surface area contributed by atoms with Crippen molar-refractivity contribution in [2.75, 3.05) is 23.9 Å². The van der Waals surface area contributed by atoms with E-state index < -0.39 is 21.1 Å². The predicted octanol–water partition coefficient (Wildman–Crippen LogP) is 2.21. The Morgan fingerprint density at radius 3 is 2.38 bits per heavy atom. The first-order chi connectivity index (χ1) is 16.2. The standard InChI is InChI=1S/C22H28BrN5O5S/c1-4-26-19-18(20(29)27(5-2)22(26)30)28(13-14-6-7-17(33-3)16(23)12-14)21(25-19)24-15-8-10-34(31,32)11-9-15/h6-7,12,15H,4-5,8-11,13H2,1-3H3,(H,24,25). The van der Waals surface area contributed by atoms with Gasteiger partial charge in [-0.25, -0.2) is 13.2 Å². The third-order valence-corrected chi connectivity index (χ3v) is 8.53. The molecule has 0 amide bonds. The van der Waals surface area contributed by atoms with Gasteiger partial charge in [0.2, 0.25) is 5.95 Å². The van der Waals surface area contributed by atoms with Crippen LogP contribution in [0, 0.1) is 0 Å². The van der Waals surface area contributed by atoms with Crippen molar-refractivity contribution in [3.8, 4) is 5.75 Å². The summed E-state index contributed by atoms with van der Waals surface area (Å²) in [6, 6.07) is 5.55. The number of imidazole rings is 1. The van der Waals surface area contributed by atoms with Crippen LogP contribution in [0.15, 0.2) is 32.3 Å². The molecule has 1 saturated heterocycles. The molecular weight excluding hydrogens is 526 g/mol. The van der Waals surface area contributed by atoms with E-state index in [1.807, 2.05) is 25.1 Å². The zero-order chi connectivity index (χ0) is 24.6. The molecular formula is C22H28BrN5O5S. The molecule has 12 heteroatoms. The van der Waals surface area contributed by atoms with Gasteiger partial charge < -0.3 is 10.1 Å². The normalized spacial score (nSPS) is 16.1. The van der Waals surface area contributed by atoms with Gasteiger partial charge in [0.05, 0.1) is 29.6 Å². The van der Waals surface area contributed by atoms with Crippen molar-refractivity contribution in [3.05, 3.63) is 49.1 Å². The number of ether oxygens (including phenoxy) is 1. The Morgan fingerprint density at radius 2 is 1.79 bits per heavy atom. The Morgan fingerprint density at radius 1 is 1.12 bits per heavy atom. The molecule has 0 aliphatic carbocycles. The minimum absolute atomic E-state index is 0.100. The minimum Gasteiger partial charge on any atom is -0.496 e. The average Bonchev–Trinajstić information content (AvgIpc) is 3.13. The molecule has 1 aliphatic rings. The maximum atomic E-state index is 13.4. The molecule has 10 nitrogen and oxygen atoms in total. The number of rotatable bonds is 7. The topological polar surface area (TPSA) is 117 Å². The summed E-state index contributed by atoms with van der Waals surface area (Å²) < 4.78 is 34.3. The third kappa shape index (κ3) is 4.52. The van der Waals surface area contributed by atoms with Crippen LogP contribution in [0.5, 0.6) is 5.75 Å². The molecule has 0 radical (unpaired) electrons. The molecule has 1 N–H and O–H groups in total. The lowest BCUT2D eigenvalue weighted by molar-refractivity contribution is 0.412. The number of hydrogen-bond donors (Lipinski definition) is 1. The zero-order valence-corrected chi connectivity index (χ0v) is 21.8. The second-order valence-electron chi connectivity index (χ2n) is 8.31. The number of anilines is 1. The zero-order valence-electron chi connectivity index (χ0n) is 19.4. The van der Waals surface area contributed by atoms with Gasteiger partial charge in [-0.1, -0.05) is 6.07 Å². The number of methoxy groups -OCH3 is 1. The van der Waals surface area contributed by atoms with E-state index in [-0.39, 0.29) is 24.1 Å². The summed E-state index contributed by atoms with van der Waals surface area (Å²) in [4.78, 5) is 30.9. The molecule has 1 aliphatic heterocycles. The average molecular weight is 554 g/mol. The minimum atomic E-state index is -3.02. The van der Waals surface area contributed by atoms with E-state index >= 15 is 0 Å². The summed E-state index contributed by atoms with van der Waals surface area (Å²) in [5.41, 5.74) is 0.765. The van der Waals surface area contributed by atoms with Crippen LogP contribution in [0.25, 0.3) is 11.2 Å². The number of hydrogen-bond acceptors (Lipinski definition) is 7. The first-order valence-corrected chi connectivity index (χ1v) is 13.8. The molecule has 0 atom stereocenters. The van der Waals surface area contributed by atoms with Crippen LogP contribution in [0.4, 0.5) is 5.95 Å². The maximum absolute atomic E-state index is 13.4. The molecule has 34 heavy (non-hydrogen) atoms. The highest BCUT2D eigenvalue weighted by atomic mass is 79.9. The van der Waals surface area contributed by atoms with E-state index in [1.165, 1.54) is 9.13 Å². The Kier molecular flexibility index (Phi) is 6.90. The van der Waals surface area contributed by atoms with Crippen molar-refractivity contribution >= 4 is 42.9 Å². The van der Waals surface area contributed by atoms with Crippen LogP contribution in [0.3, 0.4) is 0 Å². The molecule has 184 valence electrons. The molecule has 2 aromatic heterocycles. The van der Waals surface area contributed by atoms with Crippen LogP contribution in [0.1, 0.15) is 32.3 Å². The molecule has 0 bridgehead atoms. The van der Waals surface area contributed by atoms with Crippen LogP contribution in [-0.2, 0) is 29.5 Å². The fourth-order valence-electron chi connectivity index (χ4n) is 4.33. The molecule has 0 saturated carbocycles. The molecule has 3 aromatic rings. The largest absolute Gasteiger partial charge is 0.496 e. The lowest BCUT2D eigenvalue weighted by Gasteiger charge is -2.24. The van der Waals surface area contributed by atoms with E-state index in [0.29, 0.717) is 48.8 Å². The van der Waals surface area contributed by atoms with Gasteiger partial charge in [-0.05, 0) is 60.3 Å². The number of halogens is 1. The van der Waals surface area contributed by atoms with Crippen LogP contribution in [-0.4, -0.2) is 51.8 Å². The number of benzene rings is 1. The van der Waals surface area contributed by atoms with E-state index in [0.717, 1.165) is 10.0 Å². The monoisotopic (exact) mass is 553 g/mol. The number of aryl methyl sites for hydroxylation is 1. The Labute approximate surface area is 205 Å². The first kappa shape index (κ1) is 24.5. The predicted molar refractivity (Wildman–Crippen MR) is 135 cm³/mol. The number of aromatic nitrogens is 4. The maximum Gasteiger partial charge on any atom is 0.332 e. The highest BCUT2D eigenvalue weighted by molar-refractivity contribution is 9.10. The smallest absolute Gasteiger partial charge is 0.332 e. The van der Waals surface area contributed by atoms with Gasteiger partial charge >= 0.3 is 5.69 Å². The number of fused-ring (bicyclic) bond motifs is 1. The van der Waals surface area contributed by atoms with Crippen LogP contribution < -0.4 is 21.3 Å². The number of nitrogens with one attached hydrogen (secondary N) is 1. The Bertz CT molecular complexity index is 1440. The van der Waals surface area contributed by atoms with Crippen molar-refractivity contribution in [2.24, 2.45) is 0 Å². The Balaban J connectivity index is 1.87. The van der Waals surface area contributed by atoms with E-state index in [9.17, 15) is 18.0 Å². The highest BCUT2D eigenvalue weighted by Crippen LogP contribution is 2.28. The van der Waals surface area contributed by atoms with Crippen molar-refractivity contribution < 1.29 is 13.2 Å². The van der Waals surface area contributed by atoms with Gasteiger partial charge in [0.15, 0.2) is 11.2 Å². The summed E-state index contributed by atoms with van der Waals surface area (Å²) in [6.07, 6.45) is 0.915. The molecule has 1 fully saturated rings. The summed E-state index contributed by atoms with van der Waals surface area (Å²) in [7, 11) is -1.43. The first-order valence-electron chi connectivity index (χ1n) is 11.2. The van der Waals surface area contributed by atoms with Gasteiger partial charge in [-0.2, -0.15) is 4.98 Å². The molecule has 1 aromatic carbocycles. The van der Waals surface area contributed by atoms with Gasteiger partial charge in [0.1, 0.15) is 15.6 Å². The van der Waals surface area contributed by atoms with E-state index in [1.54, 1.807) is 18.6 Å². The second-order valence-corrected chi connectivity index (χ2v) is 11.5. The van der Waals surface area contributed by atoms with Crippen LogP contribution >= 0.6 is 15.9 Å². The summed E-state index contributed by atoms with van der Waals surface area (Å²) in [5.74, 6) is 1.35. The van der Waals surface area contributed by atoms with Gasteiger partial charge in [-0.15, -0.1) is 0 Å². The number of sulfone groups is 1. The third-order valence-electron chi connectivity index (χ3n) is 6.19. The lowest BCUT2D eigenvalue weighted by Crippen LogP contribution is -2.40. The van der Waals surface area contributed by atoms with Crippen molar-refractivity contribution in [1.29, 1.82) is 0 Å². The molecule has 4 rings (SSSR count). The fraction of sp³-hybridized carbons (Fsp3) is 0.500. The molecule has 3 heterocycles. The summed E-state index contributed by atoms with van der Waals surface area (Å²) in [6.45, 7) is 4.53. The summed E-state index contributed by atoms with van der Waals surface area (Å²) >= 11 is 3.51. The van der Waals surface area contributed by atoms with Crippen molar-refractivity contribution in [3.63, 3.8) is 0 Å². The van der Waals surface area contributed by atoms with Gasteiger partial charge in [0, 0.05) is 19.1 Å². The molecule has 0 unspecified atom stereocenters. The quantitative estimate of drug-likeness (QED) is 0.476.